The van der Waals surface area contributed by atoms with Crippen LogP contribution in [0.5, 0.6) is 0 Å². The van der Waals surface area contributed by atoms with Gasteiger partial charge in [-0.05, 0) is 98.2 Å². The number of fused-ring (bicyclic) bond motifs is 5. The van der Waals surface area contributed by atoms with E-state index in [9.17, 15) is 0 Å². The minimum Gasteiger partial charge on any atom is -0.381 e. The third-order valence-electron chi connectivity index (χ3n) is 10.2. The standard InChI is InChI=1S/C27H46O/c1-19(2)8-6-7-9-20-11-13-24-23-12-10-21-18-22(28-5)14-16-27(21,4)25(23)15-17-26(20,24)3/h10,19-20,22-25H,6-9,11-18H2,1-5H3/t20-,22-,23-,24-,25-,26+,27-/m0/s1. The molecule has 1 nitrogen and oxygen atoms in total. The average Bonchev–Trinajstić information content (AvgIpc) is 3.01. The lowest BCUT2D eigenvalue weighted by molar-refractivity contribution is -0.0542. The summed E-state index contributed by atoms with van der Waals surface area (Å²) in [5, 5.41) is 0. The van der Waals surface area contributed by atoms with Gasteiger partial charge in [-0.3, -0.25) is 0 Å². The highest BCUT2D eigenvalue weighted by atomic mass is 16.5. The van der Waals surface area contributed by atoms with Gasteiger partial charge in [-0.15, -0.1) is 0 Å². The summed E-state index contributed by atoms with van der Waals surface area (Å²) in [6, 6.07) is 0. The van der Waals surface area contributed by atoms with Crippen molar-refractivity contribution in [3.05, 3.63) is 11.6 Å². The first-order valence-corrected chi connectivity index (χ1v) is 12.6. The Morgan fingerprint density at radius 3 is 2.61 bits per heavy atom. The van der Waals surface area contributed by atoms with Crippen LogP contribution < -0.4 is 0 Å². The van der Waals surface area contributed by atoms with Gasteiger partial charge in [-0.2, -0.15) is 0 Å². The van der Waals surface area contributed by atoms with E-state index in [-0.39, 0.29) is 0 Å². The van der Waals surface area contributed by atoms with Crippen LogP contribution in [0.25, 0.3) is 0 Å². The summed E-state index contributed by atoms with van der Waals surface area (Å²) in [5.74, 6) is 4.79. The Kier molecular flexibility index (Phi) is 6.05. The van der Waals surface area contributed by atoms with Gasteiger partial charge in [-0.25, -0.2) is 0 Å². The van der Waals surface area contributed by atoms with E-state index in [4.69, 9.17) is 4.74 Å². The van der Waals surface area contributed by atoms with Crippen LogP contribution in [-0.4, -0.2) is 13.2 Å². The molecule has 0 aromatic carbocycles. The quantitative estimate of drug-likeness (QED) is 0.334. The fraction of sp³-hybridized carbons (Fsp3) is 0.926. The van der Waals surface area contributed by atoms with Gasteiger partial charge in [0.1, 0.15) is 0 Å². The molecule has 3 saturated carbocycles. The lowest BCUT2D eigenvalue weighted by Gasteiger charge is -2.58. The van der Waals surface area contributed by atoms with E-state index < -0.39 is 0 Å². The normalized spacial score (nSPS) is 45.4. The van der Waals surface area contributed by atoms with Crippen molar-refractivity contribution >= 4 is 0 Å². The third-order valence-corrected chi connectivity index (χ3v) is 10.2. The largest absolute Gasteiger partial charge is 0.381 e. The highest BCUT2D eigenvalue weighted by Crippen LogP contribution is 2.66. The van der Waals surface area contributed by atoms with Crippen molar-refractivity contribution < 1.29 is 4.74 Å². The molecule has 4 aliphatic rings. The number of rotatable bonds is 6. The number of methoxy groups -OCH3 is 1. The molecule has 0 radical (unpaired) electrons. The number of hydrogen-bond acceptors (Lipinski definition) is 1. The summed E-state index contributed by atoms with van der Waals surface area (Å²) < 4.78 is 5.74. The van der Waals surface area contributed by atoms with Gasteiger partial charge in [0.2, 0.25) is 0 Å². The Balaban J connectivity index is 1.45. The van der Waals surface area contributed by atoms with E-state index in [2.05, 4.69) is 33.8 Å². The van der Waals surface area contributed by atoms with Crippen LogP contribution >= 0.6 is 0 Å². The molecule has 4 aliphatic carbocycles. The van der Waals surface area contributed by atoms with Crippen molar-refractivity contribution in [2.45, 2.75) is 111 Å². The van der Waals surface area contributed by atoms with Crippen LogP contribution in [0, 0.1) is 40.4 Å². The molecule has 0 spiro atoms. The van der Waals surface area contributed by atoms with Gasteiger partial charge in [0.15, 0.2) is 0 Å². The average molecular weight is 387 g/mol. The zero-order valence-corrected chi connectivity index (χ0v) is 19.4. The summed E-state index contributed by atoms with van der Waals surface area (Å²) in [4.78, 5) is 0. The molecule has 0 aliphatic heterocycles. The molecule has 0 aromatic heterocycles. The lowest BCUT2D eigenvalue weighted by atomic mass is 9.47. The zero-order valence-electron chi connectivity index (χ0n) is 19.4. The molecule has 0 N–H and O–H groups in total. The second-order valence-electron chi connectivity index (χ2n) is 11.9. The number of allylic oxidation sites excluding steroid dienone is 1. The summed E-state index contributed by atoms with van der Waals surface area (Å²) in [5.41, 5.74) is 2.89. The minimum atomic E-state index is 0.478. The molecule has 0 heterocycles. The number of hydrogen-bond donors (Lipinski definition) is 0. The summed E-state index contributed by atoms with van der Waals surface area (Å²) >= 11 is 0. The monoisotopic (exact) mass is 386 g/mol. The van der Waals surface area contributed by atoms with Gasteiger partial charge >= 0.3 is 0 Å². The topological polar surface area (TPSA) is 9.23 Å². The van der Waals surface area contributed by atoms with Crippen LogP contribution in [0.3, 0.4) is 0 Å². The van der Waals surface area contributed by atoms with E-state index in [0.717, 1.165) is 29.6 Å². The number of ether oxygens (including phenoxy) is 1. The zero-order chi connectivity index (χ0) is 19.9. The Hall–Kier alpha value is -0.300. The molecule has 7 atom stereocenters. The summed E-state index contributed by atoms with van der Waals surface area (Å²) in [7, 11) is 1.91. The molecular weight excluding hydrogens is 340 g/mol. The Morgan fingerprint density at radius 2 is 1.86 bits per heavy atom. The molecule has 160 valence electrons. The van der Waals surface area contributed by atoms with Crippen molar-refractivity contribution in [2.75, 3.05) is 7.11 Å². The van der Waals surface area contributed by atoms with E-state index >= 15 is 0 Å². The van der Waals surface area contributed by atoms with Crippen LogP contribution in [0.2, 0.25) is 0 Å². The molecule has 0 saturated heterocycles. The van der Waals surface area contributed by atoms with Gasteiger partial charge in [0, 0.05) is 7.11 Å². The predicted octanol–water partition coefficient (Wildman–Crippen LogP) is 7.80. The first kappa shape index (κ1) is 21.0. The van der Waals surface area contributed by atoms with Crippen LogP contribution in [0.15, 0.2) is 11.6 Å². The first-order chi connectivity index (χ1) is 13.4. The molecule has 0 unspecified atom stereocenters. The summed E-state index contributed by atoms with van der Waals surface area (Å²) in [6.45, 7) is 10.1. The molecule has 3 fully saturated rings. The van der Waals surface area contributed by atoms with Crippen molar-refractivity contribution in [3.63, 3.8) is 0 Å². The van der Waals surface area contributed by atoms with Crippen molar-refractivity contribution in [1.82, 2.24) is 0 Å². The fourth-order valence-corrected chi connectivity index (χ4v) is 8.36. The molecule has 1 heteroatoms. The maximum Gasteiger partial charge on any atom is 0.0608 e. The third kappa shape index (κ3) is 3.52. The van der Waals surface area contributed by atoms with Crippen molar-refractivity contribution in [2.24, 2.45) is 40.4 Å². The first-order valence-electron chi connectivity index (χ1n) is 12.6. The second kappa shape index (κ2) is 8.09. The SMILES string of the molecule is CO[C@H]1CC[C@@]2(C)C(=CC[C@H]3[C@@H]4CC[C@H](CCCCC(C)C)[C@@]4(C)CC[C@@H]32)C1. The fourth-order valence-electron chi connectivity index (χ4n) is 8.36. The minimum absolute atomic E-state index is 0.478. The second-order valence-corrected chi connectivity index (χ2v) is 11.9. The lowest BCUT2D eigenvalue weighted by Crippen LogP contribution is -2.50. The highest BCUT2D eigenvalue weighted by Gasteiger charge is 2.58. The number of unbranched alkanes of at least 4 members (excludes halogenated alkanes) is 1. The van der Waals surface area contributed by atoms with E-state index in [1.54, 1.807) is 5.57 Å². The van der Waals surface area contributed by atoms with E-state index in [1.807, 2.05) is 7.11 Å². The highest BCUT2D eigenvalue weighted by molar-refractivity contribution is 5.25. The van der Waals surface area contributed by atoms with Gasteiger partial charge in [0.05, 0.1) is 6.10 Å². The predicted molar refractivity (Wildman–Crippen MR) is 119 cm³/mol. The van der Waals surface area contributed by atoms with Gasteiger partial charge < -0.3 is 4.74 Å². The summed E-state index contributed by atoms with van der Waals surface area (Å²) in [6.07, 6.45) is 20.3. The smallest absolute Gasteiger partial charge is 0.0608 e. The Bertz CT molecular complexity index is 577. The van der Waals surface area contributed by atoms with Gasteiger partial charge in [-0.1, -0.05) is 58.6 Å². The molecular formula is C27H46O. The molecule has 0 aromatic rings. The molecule has 28 heavy (non-hydrogen) atoms. The van der Waals surface area contributed by atoms with Crippen LogP contribution in [-0.2, 0) is 4.74 Å². The molecule has 4 rings (SSSR count). The molecule has 0 amide bonds. The van der Waals surface area contributed by atoms with Crippen LogP contribution in [0.1, 0.15) is 105 Å². The van der Waals surface area contributed by atoms with Gasteiger partial charge in [0.25, 0.3) is 0 Å². The Labute approximate surface area is 175 Å². The van der Waals surface area contributed by atoms with Crippen molar-refractivity contribution in [3.8, 4) is 0 Å². The maximum atomic E-state index is 5.74. The van der Waals surface area contributed by atoms with E-state index in [0.29, 0.717) is 16.9 Å². The van der Waals surface area contributed by atoms with Crippen LogP contribution in [0.4, 0.5) is 0 Å². The maximum absolute atomic E-state index is 5.74. The van der Waals surface area contributed by atoms with E-state index in [1.165, 1.54) is 77.0 Å². The Morgan fingerprint density at radius 1 is 1.04 bits per heavy atom. The molecule has 0 bridgehead atoms. The van der Waals surface area contributed by atoms with Crippen molar-refractivity contribution in [1.29, 1.82) is 0 Å².